The lowest BCUT2D eigenvalue weighted by molar-refractivity contribution is -0.141. The second-order valence-corrected chi connectivity index (χ2v) is 6.35. The van der Waals surface area contributed by atoms with Crippen LogP contribution in [0.1, 0.15) is 46.5 Å². The summed E-state index contributed by atoms with van der Waals surface area (Å²) in [6.07, 6.45) is 6.43. The molecule has 0 radical (unpaired) electrons. The summed E-state index contributed by atoms with van der Waals surface area (Å²) in [6, 6.07) is -0.116. The van der Waals surface area contributed by atoms with Gasteiger partial charge in [0.05, 0.1) is 6.04 Å². The molecule has 1 fully saturated rings. The molecule has 2 atom stereocenters. The number of ether oxygens (including phenoxy) is 2. The van der Waals surface area contributed by atoms with Gasteiger partial charge in [-0.3, -0.25) is 0 Å². The smallest absolute Gasteiger partial charge is 0.410 e. The number of rotatable bonds is 1. The Hall–Kier alpha value is -1.52. The highest BCUT2D eigenvalue weighted by molar-refractivity contribution is 5.84. The van der Waals surface area contributed by atoms with Crippen LogP contribution in [0.3, 0.4) is 0 Å². The summed E-state index contributed by atoms with van der Waals surface area (Å²) in [6.45, 7) is 6.22. The molecule has 5 heteroatoms. The third-order valence-corrected chi connectivity index (χ3v) is 3.48. The van der Waals surface area contributed by atoms with Crippen molar-refractivity contribution < 1.29 is 19.1 Å². The predicted octanol–water partition coefficient (Wildman–Crippen LogP) is 2.65. The van der Waals surface area contributed by atoms with Crippen LogP contribution in [0.15, 0.2) is 12.2 Å². The van der Waals surface area contributed by atoms with Crippen LogP contribution in [0.2, 0.25) is 0 Å². The Balaban J connectivity index is 2.11. The van der Waals surface area contributed by atoms with Crippen molar-refractivity contribution in [1.82, 2.24) is 4.90 Å². The summed E-state index contributed by atoms with van der Waals surface area (Å²) in [5.74, 6) is -0.330. The van der Waals surface area contributed by atoms with E-state index in [0.717, 1.165) is 25.7 Å². The van der Waals surface area contributed by atoms with E-state index < -0.39 is 5.60 Å². The fourth-order valence-corrected chi connectivity index (χ4v) is 2.62. The minimum Gasteiger partial charge on any atom is -0.453 e. The van der Waals surface area contributed by atoms with Crippen molar-refractivity contribution in [3.8, 4) is 0 Å². The Morgan fingerprint density at radius 3 is 2.70 bits per heavy atom. The summed E-state index contributed by atoms with van der Waals surface area (Å²) in [4.78, 5) is 25.3. The first-order valence-electron chi connectivity index (χ1n) is 7.25. The van der Waals surface area contributed by atoms with Gasteiger partial charge in [0, 0.05) is 12.6 Å². The Kier molecular flexibility index (Phi) is 4.35. The summed E-state index contributed by atoms with van der Waals surface area (Å²) in [5, 5.41) is 0. The molecule has 0 spiro atoms. The first-order valence-corrected chi connectivity index (χ1v) is 7.25. The van der Waals surface area contributed by atoms with Crippen LogP contribution in [0.5, 0.6) is 0 Å². The maximum absolute atomic E-state index is 12.4. The zero-order chi connectivity index (χ0) is 14.8. The van der Waals surface area contributed by atoms with Gasteiger partial charge in [0.15, 0.2) is 0 Å². The maximum atomic E-state index is 12.4. The summed E-state index contributed by atoms with van der Waals surface area (Å²) < 4.78 is 10.7. The third kappa shape index (κ3) is 3.74. The molecule has 5 nitrogen and oxygen atoms in total. The van der Waals surface area contributed by atoms with E-state index in [0.29, 0.717) is 6.54 Å². The topological polar surface area (TPSA) is 55.8 Å². The molecule has 2 rings (SSSR count). The minimum atomic E-state index is -0.518. The zero-order valence-corrected chi connectivity index (χ0v) is 12.4. The second-order valence-electron chi connectivity index (χ2n) is 6.35. The molecule has 0 saturated carbocycles. The zero-order valence-electron chi connectivity index (χ0n) is 12.4. The van der Waals surface area contributed by atoms with Crippen molar-refractivity contribution >= 4 is 12.1 Å². The van der Waals surface area contributed by atoms with E-state index >= 15 is 0 Å². The minimum absolute atomic E-state index is 0.116. The molecular formula is C15H23NO4. The van der Waals surface area contributed by atoms with E-state index in [-0.39, 0.29) is 24.2 Å². The standard InChI is InChI=1S/C15H23NO4/c1-15(2,3)20-14(18)16-10-6-4-5-7-11(16)12-8-9-13(17)19-12/h8-9,11-12H,4-7,10H2,1-3H3/t11-,12-/m1/s1. The number of carbonyl (C=O) groups is 2. The van der Waals surface area contributed by atoms with Gasteiger partial charge in [0.2, 0.25) is 0 Å². The average Bonchev–Trinajstić information content (AvgIpc) is 2.62. The number of amides is 1. The van der Waals surface area contributed by atoms with Gasteiger partial charge in [-0.1, -0.05) is 12.8 Å². The number of hydrogen-bond donors (Lipinski definition) is 0. The lowest BCUT2D eigenvalue weighted by Gasteiger charge is -2.34. The fourth-order valence-electron chi connectivity index (χ4n) is 2.62. The predicted molar refractivity (Wildman–Crippen MR) is 74.2 cm³/mol. The van der Waals surface area contributed by atoms with E-state index in [1.165, 1.54) is 6.08 Å². The Labute approximate surface area is 119 Å². The third-order valence-electron chi connectivity index (χ3n) is 3.48. The van der Waals surface area contributed by atoms with Gasteiger partial charge in [0.1, 0.15) is 11.7 Å². The summed E-state index contributed by atoms with van der Waals surface area (Å²) in [5.41, 5.74) is -0.518. The summed E-state index contributed by atoms with van der Waals surface area (Å²) in [7, 11) is 0. The van der Waals surface area contributed by atoms with Gasteiger partial charge in [-0.25, -0.2) is 9.59 Å². The molecule has 2 heterocycles. The van der Waals surface area contributed by atoms with Crippen LogP contribution in [-0.2, 0) is 14.3 Å². The molecule has 1 saturated heterocycles. The molecular weight excluding hydrogens is 258 g/mol. The highest BCUT2D eigenvalue weighted by atomic mass is 16.6. The van der Waals surface area contributed by atoms with E-state index in [4.69, 9.17) is 9.47 Å². The van der Waals surface area contributed by atoms with Crippen LogP contribution in [-0.4, -0.2) is 41.3 Å². The van der Waals surface area contributed by atoms with Crippen LogP contribution < -0.4 is 0 Å². The van der Waals surface area contributed by atoms with E-state index in [1.807, 2.05) is 20.8 Å². The van der Waals surface area contributed by atoms with E-state index in [9.17, 15) is 9.59 Å². The number of cyclic esters (lactones) is 1. The maximum Gasteiger partial charge on any atom is 0.410 e. The quantitative estimate of drug-likeness (QED) is 0.693. The Bertz CT molecular complexity index is 411. The monoisotopic (exact) mass is 281 g/mol. The van der Waals surface area contributed by atoms with Gasteiger partial charge in [0.25, 0.3) is 0 Å². The van der Waals surface area contributed by atoms with Crippen LogP contribution in [0, 0.1) is 0 Å². The number of nitrogens with zero attached hydrogens (tertiary/aromatic N) is 1. The van der Waals surface area contributed by atoms with Gasteiger partial charge in [-0.2, -0.15) is 0 Å². The van der Waals surface area contributed by atoms with Gasteiger partial charge < -0.3 is 14.4 Å². The largest absolute Gasteiger partial charge is 0.453 e. The molecule has 0 aromatic rings. The molecule has 112 valence electrons. The highest BCUT2D eigenvalue weighted by Gasteiger charge is 2.36. The SMILES string of the molecule is CC(C)(C)OC(=O)N1CCCCC[C@@H]1[C@H]1C=CC(=O)O1. The van der Waals surface area contributed by atoms with Crippen molar-refractivity contribution in [2.75, 3.05) is 6.54 Å². The normalized spacial score (nSPS) is 27.1. The molecule has 1 amide bonds. The summed E-state index contributed by atoms with van der Waals surface area (Å²) >= 11 is 0. The molecule has 0 aliphatic carbocycles. The van der Waals surface area contributed by atoms with Crippen LogP contribution >= 0.6 is 0 Å². The average molecular weight is 281 g/mol. The molecule has 0 unspecified atom stereocenters. The van der Waals surface area contributed by atoms with Crippen LogP contribution in [0.4, 0.5) is 4.79 Å². The number of hydrogen-bond acceptors (Lipinski definition) is 4. The molecule has 2 aliphatic heterocycles. The van der Waals surface area contributed by atoms with Crippen LogP contribution in [0.25, 0.3) is 0 Å². The van der Waals surface area contributed by atoms with E-state index in [1.54, 1.807) is 11.0 Å². The number of carbonyl (C=O) groups excluding carboxylic acids is 2. The molecule has 2 aliphatic rings. The Morgan fingerprint density at radius 1 is 1.35 bits per heavy atom. The second kappa shape index (κ2) is 5.85. The first-order chi connectivity index (χ1) is 9.37. The lowest BCUT2D eigenvalue weighted by Crippen LogP contribution is -2.48. The molecule has 0 aromatic heterocycles. The van der Waals surface area contributed by atoms with Gasteiger partial charge >= 0.3 is 12.1 Å². The van der Waals surface area contributed by atoms with Gasteiger partial charge in [-0.15, -0.1) is 0 Å². The van der Waals surface area contributed by atoms with Crippen molar-refractivity contribution in [3.63, 3.8) is 0 Å². The van der Waals surface area contributed by atoms with Gasteiger partial charge in [-0.05, 0) is 39.7 Å². The Morgan fingerprint density at radius 2 is 2.10 bits per heavy atom. The fraction of sp³-hybridized carbons (Fsp3) is 0.733. The molecule has 0 bridgehead atoms. The molecule has 20 heavy (non-hydrogen) atoms. The van der Waals surface area contributed by atoms with E-state index in [2.05, 4.69) is 0 Å². The number of esters is 1. The van der Waals surface area contributed by atoms with Crippen molar-refractivity contribution in [1.29, 1.82) is 0 Å². The number of likely N-dealkylation sites (tertiary alicyclic amines) is 1. The van der Waals surface area contributed by atoms with Crippen molar-refractivity contribution in [2.45, 2.75) is 64.2 Å². The highest BCUT2D eigenvalue weighted by Crippen LogP contribution is 2.25. The van der Waals surface area contributed by atoms with Crippen molar-refractivity contribution in [3.05, 3.63) is 12.2 Å². The first kappa shape index (κ1) is 14.9. The lowest BCUT2D eigenvalue weighted by atomic mass is 10.0. The molecule has 0 N–H and O–H groups in total. The van der Waals surface area contributed by atoms with Crippen molar-refractivity contribution in [2.24, 2.45) is 0 Å². The molecule has 0 aromatic carbocycles.